The molecule has 15 heavy (non-hydrogen) atoms. The summed E-state index contributed by atoms with van der Waals surface area (Å²) in [7, 11) is 0. The van der Waals surface area contributed by atoms with Gasteiger partial charge in [0.25, 0.3) is 0 Å². The molecule has 0 spiro atoms. The molecule has 89 valence electrons. The summed E-state index contributed by atoms with van der Waals surface area (Å²) in [5.74, 6) is 0.202. The first-order chi connectivity index (χ1) is 7.24. The molecular weight excluding hydrogens is 186 g/mol. The number of rotatable bonds is 9. The molecule has 1 atom stereocenters. The summed E-state index contributed by atoms with van der Waals surface area (Å²) in [6, 6.07) is 0.396. The Hall–Kier alpha value is -0.530. The van der Waals surface area contributed by atoms with Crippen LogP contribution in [0.3, 0.4) is 0 Å². The third kappa shape index (κ3) is 8.46. The summed E-state index contributed by atoms with van der Waals surface area (Å²) < 4.78 is 0. The van der Waals surface area contributed by atoms with Gasteiger partial charge in [-0.25, -0.2) is 0 Å². The van der Waals surface area contributed by atoms with Crippen LogP contribution in [0.1, 0.15) is 65.2 Å². The lowest BCUT2D eigenvalue weighted by atomic mass is 10.0. The van der Waals surface area contributed by atoms with Gasteiger partial charge in [0.15, 0.2) is 0 Å². The van der Waals surface area contributed by atoms with Crippen LogP contribution in [-0.4, -0.2) is 11.9 Å². The molecule has 1 radical (unpaired) electrons. The molecule has 0 rings (SSSR count). The molecule has 0 heterocycles. The molecule has 0 saturated heterocycles. The van der Waals surface area contributed by atoms with Crippen molar-refractivity contribution in [3.05, 3.63) is 6.92 Å². The van der Waals surface area contributed by atoms with E-state index in [2.05, 4.69) is 26.1 Å². The lowest BCUT2D eigenvalue weighted by Crippen LogP contribution is -2.34. The Morgan fingerprint density at radius 1 is 1.20 bits per heavy atom. The summed E-state index contributed by atoms with van der Waals surface area (Å²) >= 11 is 0. The van der Waals surface area contributed by atoms with Gasteiger partial charge in [-0.2, -0.15) is 0 Å². The van der Waals surface area contributed by atoms with Crippen LogP contribution >= 0.6 is 0 Å². The van der Waals surface area contributed by atoms with E-state index in [1.54, 1.807) is 0 Å². The lowest BCUT2D eigenvalue weighted by molar-refractivity contribution is -0.122. The van der Waals surface area contributed by atoms with Crippen molar-refractivity contribution < 1.29 is 4.79 Å². The number of carbonyl (C=O) groups is 1. The second-order valence-electron chi connectivity index (χ2n) is 4.15. The third-order valence-electron chi connectivity index (χ3n) is 2.56. The monoisotopic (exact) mass is 212 g/mol. The Morgan fingerprint density at radius 3 is 2.47 bits per heavy atom. The summed E-state index contributed by atoms with van der Waals surface area (Å²) in [5, 5.41) is 3.12. The van der Waals surface area contributed by atoms with E-state index >= 15 is 0 Å². The molecular formula is C13H26NO. The fourth-order valence-corrected chi connectivity index (χ4v) is 1.67. The van der Waals surface area contributed by atoms with E-state index in [1.165, 1.54) is 12.8 Å². The van der Waals surface area contributed by atoms with Crippen LogP contribution in [0.5, 0.6) is 0 Å². The average Bonchev–Trinajstić information content (AvgIpc) is 2.23. The number of unbranched alkanes of at least 4 members (excludes halogenated alkanes) is 2. The van der Waals surface area contributed by atoms with Gasteiger partial charge in [0.2, 0.25) is 5.91 Å². The van der Waals surface area contributed by atoms with Gasteiger partial charge in [-0.05, 0) is 19.3 Å². The zero-order valence-corrected chi connectivity index (χ0v) is 10.3. The van der Waals surface area contributed by atoms with Gasteiger partial charge in [-0.1, -0.05) is 46.5 Å². The van der Waals surface area contributed by atoms with Gasteiger partial charge in [-0.3, -0.25) is 4.79 Å². The standard InChI is InChI=1S/C13H26NO/c1-4-7-10-12(9-6-3)14-13(15)11-8-5-2/h12H,2,4-11H2,1,3H3,(H,14,15). The van der Waals surface area contributed by atoms with Crippen molar-refractivity contribution in [1.29, 1.82) is 0 Å². The van der Waals surface area contributed by atoms with Crippen LogP contribution in [0.4, 0.5) is 0 Å². The SMILES string of the molecule is [CH2]CCCC(=O)NC(CCC)CCCC. The topological polar surface area (TPSA) is 29.1 Å². The first-order valence-corrected chi connectivity index (χ1v) is 6.33. The maximum atomic E-state index is 11.5. The Morgan fingerprint density at radius 2 is 1.93 bits per heavy atom. The quantitative estimate of drug-likeness (QED) is 0.623. The summed E-state index contributed by atoms with van der Waals surface area (Å²) in [6.45, 7) is 8.10. The molecule has 2 heteroatoms. The molecule has 1 amide bonds. The molecule has 0 bridgehead atoms. The highest BCUT2D eigenvalue weighted by Gasteiger charge is 2.10. The molecule has 0 aromatic rings. The second-order valence-corrected chi connectivity index (χ2v) is 4.15. The van der Waals surface area contributed by atoms with Gasteiger partial charge in [0.05, 0.1) is 0 Å². The molecule has 2 nitrogen and oxygen atoms in total. The van der Waals surface area contributed by atoms with Crippen LogP contribution in [0.2, 0.25) is 0 Å². The molecule has 0 aromatic heterocycles. The van der Waals surface area contributed by atoms with Crippen molar-refractivity contribution in [2.24, 2.45) is 0 Å². The predicted octanol–water partition coefficient (Wildman–Crippen LogP) is 3.47. The van der Waals surface area contributed by atoms with Crippen LogP contribution in [0, 0.1) is 6.92 Å². The van der Waals surface area contributed by atoms with Crippen molar-refractivity contribution in [2.45, 2.75) is 71.3 Å². The van der Waals surface area contributed by atoms with Gasteiger partial charge < -0.3 is 5.32 Å². The van der Waals surface area contributed by atoms with Crippen LogP contribution in [-0.2, 0) is 4.79 Å². The minimum absolute atomic E-state index is 0.202. The van der Waals surface area contributed by atoms with Crippen molar-refractivity contribution in [1.82, 2.24) is 5.32 Å². The molecule has 1 N–H and O–H groups in total. The number of nitrogens with one attached hydrogen (secondary N) is 1. The maximum absolute atomic E-state index is 11.5. The second kappa shape index (κ2) is 10.0. The fraction of sp³-hybridized carbons (Fsp3) is 0.846. The minimum atomic E-state index is 0.202. The number of amides is 1. The van der Waals surface area contributed by atoms with Crippen LogP contribution < -0.4 is 5.32 Å². The molecule has 0 aliphatic rings. The summed E-state index contributed by atoms with van der Waals surface area (Å²) in [4.78, 5) is 11.5. The predicted molar refractivity (Wildman–Crippen MR) is 65.6 cm³/mol. The zero-order chi connectivity index (χ0) is 11.5. The van der Waals surface area contributed by atoms with E-state index in [-0.39, 0.29) is 5.91 Å². The van der Waals surface area contributed by atoms with Gasteiger partial charge in [-0.15, -0.1) is 0 Å². The van der Waals surface area contributed by atoms with Gasteiger partial charge in [0.1, 0.15) is 0 Å². The van der Waals surface area contributed by atoms with E-state index in [9.17, 15) is 4.79 Å². The Balaban J connectivity index is 3.76. The minimum Gasteiger partial charge on any atom is -0.353 e. The molecule has 0 aliphatic heterocycles. The van der Waals surface area contributed by atoms with E-state index in [1.807, 2.05) is 0 Å². The highest BCUT2D eigenvalue weighted by molar-refractivity contribution is 5.76. The van der Waals surface area contributed by atoms with Crippen molar-refractivity contribution in [3.8, 4) is 0 Å². The van der Waals surface area contributed by atoms with E-state index in [4.69, 9.17) is 0 Å². The molecule has 0 fully saturated rings. The van der Waals surface area contributed by atoms with Gasteiger partial charge in [0, 0.05) is 12.5 Å². The molecule has 0 aliphatic carbocycles. The highest BCUT2D eigenvalue weighted by atomic mass is 16.1. The van der Waals surface area contributed by atoms with Crippen LogP contribution in [0.25, 0.3) is 0 Å². The number of hydrogen-bond donors (Lipinski definition) is 1. The molecule has 0 saturated carbocycles. The number of carbonyl (C=O) groups excluding carboxylic acids is 1. The largest absolute Gasteiger partial charge is 0.353 e. The third-order valence-corrected chi connectivity index (χ3v) is 2.56. The zero-order valence-electron chi connectivity index (χ0n) is 10.3. The summed E-state index contributed by atoms with van der Waals surface area (Å²) in [6.07, 6.45) is 8.17. The summed E-state index contributed by atoms with van der Waals surface area (Å²) in [5.41, 5.74) is 0. The maximum Gasteiger partial charge on any atom is 0.220 e. The van der Waals surface area contributed by atoms with E-state index in [0.29, 0.717) is 12.5 Å². The smallest absolute Gasteiger partial charge is 0.220 e. The Labute approximate surface area is 94.8 Å². The average molecular weight is 212 g/mol. The normalized spacial score (nSPS) is 12.5. The first-order valence-electron chi connectivity index (χ1n) is 6.33. The van der Waals surface area contributed by atoms with Crippen molar-refractivity contribution in [3.63, 3.8) is 0 Å². The van der Waals surface area contributed by atoms with Crippen molar-refractivity contribution >= 4 is 5.91 Å². The van der Waals surface area contributed by atoms with E-state index < -0.39 is 0 Å². The Bertz CT molecular complexity index is 157. The lowest BCUT2D eigenvalue weighted by Gasteiger charge is -2.17. The highest BCUT2D eigenvalue weighted by Crippen LogP contribution is 2.07. The Kier molecular flexibility index (Phi) is 9.65. The fourth-order valence-electron chi connectivity index (χ4n) is 1.67. The molecule has 1 unspecified atom stereocenters. The molecule has 0 aromatic carbocycles. The van der Waals surface area contributed by atoms with E-state index in [0.717, 1.165) is 32.1 Å². The van der Waals surface area contributed by atoms with Crippen molar-refractivity contribution in [2.75, 3.05) is 0 Å². The first kappa shape index (κ1) is 14.5. The van der Waals surface area contributed by atoms with Crippen LogP contribution in [0.15, 0.2) is 0 Å². The van der Waals surface area contributed by atoms with Gasteiger partial charge >= 0.3 is 0 Å². The number of hydrogen-bond acceptors (Lipinski definition) is 1.